The van der Waals surface area contributed by atoms with Crippen molar-refractivity contribution in [3.8, 4) is 5.75 Å². The van der Waals surface area contributed by atoms with Gasteiger partial charge in [-0.25, -0.2) is 4.39 Å². The molecule has 6 nitrogen and oxygen atoms in total. The molecule has 4 aromatic rings. The largest absolute Gasteiger partial charge is 0.508 e. The normalized spacial score (nSPS) is 10.6. The smallest absolute Gasteiger partial charge is 0.292 e. The van der Waals surface area contributed by atoms with Crippen LogP contribution in [-0.2, 0) is 16.0 Å². The summed E-state index contributed by atoms with van der Waals surface area (Å²) in [6.45, 7) is 1.81. The number of amides is 2. The van der Waals surface area contributed by atoms with Crippen molar-refractivity contribution in [2.75, 3.05) is 10.6 Å². The van der Waals surface area contributed by atoms with Crippen molar-refractivity contribution in [3.63, 3.8) is 0 Å². The number of para-hydroxylation sites is 1. The van der Waals surface area contributed by atoms with Gasteiger partial charge in [0.1, 0.15) is 11.6 Å². The van der Waals surface area contributed by atoms with Gasteiger partial charge >= 0.3 is 0 Å². The summed E-state index contributed by atoms with van der Waals surface area (Å²) in [5.74, 6) is -2.34. The van der Waals surface area contributed by atoms with Crippen molar-refractivity contribution < 1.29 is 23.9 Å². The average Bonchev–Trinajstić information content (AvgIpc) is 2.84. The molecule has 0 saturated carbocycles. The highest BCUT2D eigenvalue weighted by atomic mass is 19.1. The Kier molecular flexibility index (Phi) is 6.36. The number of Topliss-reactive ketones (excluding diaryl/α,β-unsaturated/α-hetero) is 1. The lowest BCUT2D eigenvalue weighted by Gasteiger charge is -2.09. The number of halogens is 1. The topological polar surface area (TPSA) is 95.5 Å². The molecule has 7 heteroatoms. The second-order valence-corrected chi connectivity index (χ2v) is 7.83. The Bertz CT molecular complexity index is 1410. The number of phenolic OH excluding ortho intramolecular Hbond substituents is 1. The van der Waals surface area contributed by atoms with Gasteiger partial charge in [0.05, 0.1) is 5.69 Å². The van der Waals surface area contributed by atoms with Crippen LogP contribution < -0.4 is 10.6 Å². The first-order chi connectivity index (χ1) is 16.3. The van der Waals surface area contributed by atoms with Gasteiger partial charge in [-0.15, -0.1) is 0 Å². The van der Waals surface area contributed by atoms with Gasteiger partial charge in [0.25, 0.3) is 11.8 Å². The number of carbonyl (C=O) groups excluding carboxylic acids is 3. The predicted octanol–water partition coefficient (Wildman–Crippen LogP) is 5.00. The molecule has 0 fully saturated rings. The number of anilines is 2. The number of benzene rings is 4. The molecule has 34 heavy (non-hydrogen) atoms. The minimum atomic E-state index is -0.901. The Labute approximate surface area is 195 Å². The number of fused-ring (bicyclic) bond motifs is 1. The fraction of sp³-hybridized carbons (Fsp3) is 0.0741. The van der Waals surface area contributed by atoms with Crippen molar-refractivity contribution >= 4 is 39.7 Å². The summed E-state index contributed by atoms with van der Waals surface area (Å²) >= 11 is 0. The molecule has 0 aliphatic heterocycles. The molecule has 0 heterocycles. The van der Waals surface area contributed by atoms with Crippen LogP contribution in [0.3, 0.4) is 0 Å². The Morgan fingerprint density at radius 2 is 1.62 bits per heavy atom. The zero-order valence-electron chi connectivity index (χ0n) is 18.3. The quantitative estimate of drug-likeness (QED) is 0.356. The summed E-state index contributed by atoms with van der Waals surface area (Å²) in [6, 6.07) is 20.7. The summed E-state index contributed by atoms with van der Waals surface area (Å²) in [7, 11) is 0. The molecule has 0 saturated heterocycles. The summed E-state index contributed by atoms with van der Waals surface area (Å²) in [5.41, 5.74) is 2.25. The van der Waals surface area contributed by atoms with E-state index in [2.05, 4.69) is 10.6 Å². The van der Waals surface area contributed by atoms with E-state index in [0.717, 1.165) is 16.3 Å². The van der Waals surface area contributed by atoms with Gasteiger partial charge < -0.3 is 15.7 Å². The minimum Gasteiger partial charge on any atom is -0.508 e. The molecule has 2 amide bonds. The molecule has 0 aliphatic rings. The number of rotatable bonds is 6. The van der Waals surface area contributed by atoms with Crippen LogP contribution >= 0.6 is 0 Å². The van der Waals surface area contributed by atoms with Gasteiger partial charge in [-0.05, 0) is 71.3 Å². The van der Waals surface area contributed by atoms with Gasteiger partial charge in [-0.2, -0.15) is 0 Å². The van der Waals surface area contributed by atoms with Crippen molar-refractivity contribution in [1.82, 2.24) is 0 Å². The van der Waals surface area contributed by atoms with Crippen molar-refractivity contribution in [3.05, 3.63) is 101 Å². The number of phenols is 1. The predicted molar refractivity (Wildman–Crippen MR) is 128 cm³/mol. The Hall–Kier alpha value is -4.52. The number of nitrogens with one attached hydrogen (secondary N) is 2. The second-order valence-electron chi connectivity index (χ2n) is 7.83. The molecule has 0 radical (unpaired) electrons. The van der Waals surface area contributed by atoms with E-state index in [1.54, 1.807) is 60.7 Å². The SMILES string of the molecule is Cc1c(O)ccc2cc(C(=O)Nc3ccc(CC(=O)C(=O)Nc4ccccc4F)cc3)ccc12. The van der Waals surface area contributed by atoms with Crippen LogP contribution in [0.4, 0.5) is 15.8 Å². The number of aromatic hydroxyl groups is 1. The van der Waals surface area contributed by atoms with Crippen LogP contribution in [-0.4, -0.2) is 22.7 Å². The molecule has 0 aromatic heterocycles. The molecule has 0 unspecified atom stereocenters. The molecule has 4 rings (SSSR count). The van der Waals surface area contributed by atoms with E-state index in [9.17, 15) is 23.9 Å². The monoisotopic (exact) mass is 456 g/mol. The Balaban J connectivity index is 1.38. The van der Waals surface area contributed by atoms with Crippen LogP contribution in [0.5, 0.6) is 5.75 Å². The zero-order chi connectivity index (χ0) is 24.2. The fourth-order valence-corrected chi connectivity index (χ4v) is 3.54. The summed E-state index contributed by atoms with van der Waals surface area (Å²) in [6.07, 6.45) is -0.161. The molecule has 0 atom stereocenters. The first kappa shape index (κ1) is 22.7. The molecule has 4 aromatic carbocycles. The lowest BCUT2D eigenvalue weighted by Crippen LogP contribution is -2.24. The number of aryl methyl sites for hydroxylation is 1. The highest BCUT2D eigenvalue weighted by molar-refractivity contribution is 6.41. The molecule has 0 aliphatic carbocycles. The molecular weight excluding hydrogens is 435 g/mol. The van der Waals surface area contributed by atoms with E-state index in [1.165, 1.54) is 18.2 Å². The maximum Gasteiger partial charge on any atom is 0.292 e. The van der Waals surface area contributed by atoms with Crippen molar-refractivity contribution in [2.45, 2.75) is 13.3 Å². The van der Waals surface area contributed by atoms with Crippen molar-refractivity contribution in [2.24, 2.45) is 0 Å². The minimum absolute atomic E-state index is 0.0560. The fourth-order valence-electron chi connectivity index (χ4n) is 3.54. The molecular formula is C27H21FN2O4. The summed E-state index contributed by atoms with van der Waals surface area (Å²) < 4.78 is 13.7. The summed E-state index contributed by atoms with van der Waals surface area (Å²) in [5, 5.41) is 16.6. The number of hydrogen-bond donors (Lipinski definition) is 3. The maximum atomic E-state index is 13.7. The Morgan fingerprint density at radius 1 is 0.882 bits per heavy atom. The number of carbonyl (C=O) groups is 3. The first-order valence-electron chi connectivity index (χ1n) is 10.5. The van der Waals surface area contributed by atoms with Gasteiger partial charge in [0.15, 0.2) is 0 Å². The molecule has 170 valence electrons. The van der Waals surface area contributed by atoms with Gasteiger partial charge in [0, 0.05) is 17.7 Å². The first-order valence-corrected chi connectivity index (χ1v) is 10.5. The molecule has 0 bridgehead atoms. The van der Waals surface area contributed by atoms with Crippen molar-refractivity contribution in [1.29, 1.82) is 0 Å². The van der Waals surface area contributed by atoms with E-state index >= 15 is 0 Å². The highest BCUT2D eigenvalue weighted by Crippen LogP contribution is 2.27. The van der Waals surface area contributed by atoms with Gasteiger partial charge in [0.2, 0.25) is 5.78 Å². The third kappa shape index (κ3) is 4.94. The number of hydrogen-bond acceptors (Lipinski definition) is 4. The van der Waals surface area contributed by atoms with Crippen LogP contribution in [0.1, 0.15) is 21.5 Å². The van der Waals surface area contributed by atoms with Crippen LogP contribution in [0.15, 0.2) is 78.9 Å². The third-order valence-corrected chi connectivity index (χ3v) is 5.47. The van der Waals surface area contributed by atoms with E-state index in [1.807, 2.05) is 6.92 Å². The standard InChI is InChI=1S/C27H21FN2O4/c1-16-21-12-8-19(15-18(21)9-13-24(16)31)26(33)29-20-10-6-17(7-11-20)14-25(32)27(34)30-23-5-3-2-4-22(23)28/h2-13,15,31H,14H2,1H3,(H,29,33)(H,30,34). The van der Waals surface area contributed by atoms with Gasteiger partial charge in [-0.3, -0.25) is 14.4 Å². The van der Waals surface area contributed by atoms with E-state index in [4.69, 9.17) is 0 Å². The van der Waals surface area contributed by atoms with E-state index in [0.29, 0.717) is 16.8 Å². The highest BCUT2D eigenvalue weighted by Gasteiger charge is 2.16. The Morgan fingerprint density at radius 3 is 2.35 bits per heavy atom. The van der Waals surface area contributed by atoms with Gasteiger partial charge in [-0.1, -0.05) is 36.4 Å². The number of ketones is 1. The van der Waals surface area contributed by atoms with E-state index in [-0.39, 0.29) is 23.8 Å². The molecule has 0 spiro atoms. The molecule has 3 N–H and O–H groups in total. The third-order valence-electron chi connectivity index (χ3n) is 5.47. The lowest BCUT2D eigenvalue weighted by atomic mass is 10.0. The van der Waals surface area contributed by atoms with Crippen LogP contribution in [0.25, 0.3) is 10.8 Å². The summed E-state index contributed by atoms with van der Waals surface area (Å²) in [4.78, 5) is 36.9. The average molecular weight is 456 g/mol. The lowest BCUT2D eigenvalue weighted by molar-refractivity contribution is -0.134. The zero-order valence-corrected chi connectivity index (χ0v) is 18.3. The second kappa shape index (κ2) is 9.54. The maximum absolute atomic E-state index is 13.7. The van der Waals surface area contributed by atoms with E-state index < -0.39 is 17.5 Å². The van der Waals surface area contributed by atoms with Crippen LogP contribution in [0.2, 0.25) is 0 Å². The van der Waals surface area contributed by atoms with Crippen LogP contribution in [0, 0.1) is 12.7 Å².